The number of unbranched alkanes of at least 4 members (excludes halogenated alkanes) is 1. The van der Waals surface area contributed by atoms with E-state index < -0.39 is 0 Å². The van der Waals surface area contributed by atoms with Crippen molar-refractivity contribution in [3.8, 4) is 0 Å². The van der Waals surface area contributed by atoms with E-state index in [1.165, 1.54) is 52.1 Å². The van der Waals surface area contributed by atoms with E-state index in [4.69, 9.17) is 9.73 Å². The number of guanidine groups is 1. The summed E-state index contributed by atoms with van der Waals surface area (Å²) in [5.74, 6) is 0.953. The third-order valence-corrected chi connectivity index (χ3v) is 5.63. The van der Waals surface area contributed by atoms with Crippen LogP contribution in [0, 0.1) is 0 Å². The summed E-state index contributed by atoms with van der Waals surface area (Å²) in [4.78, 5) is 12.4. The van der Waals surface area contributed by atoms with Crippen molar-refractivity contribution in [2.24, 2.45) is 4.99 Å². The minimum Gasteiger partial charge on any atom is -0.379 e. The number of morpholine rings is 1. The molecule has 0 radical (unpaired) electrons. The Bertz CT molecular complexity index is 405. The quantitative estimate of drug-likeness (QED) is 0.329. The molecule has 0 aromatic heterocycles. The fourth-order valence-corrected chi connectivity index (χ4v) is 3.70. The van der Waals surface area contributed by atoms with Crippen molar-refractivity contribution < 1.29 is 4.74 Å². The Morgan fingerprint density at radius 3 is 2.33 bits per heavy atom. The smallest absolute Gasteiger partial charge is 0.191 e. The number of aliphatic imine (C=N–C) groups is 1. The van der Waals surface area contributed by atoms with Crippen LogP contribution in [0.4, 0.5) is 0 Å². The zero-order chi connectivity index (χ0) is 19.3. The molecule has 0 amide bonds. The van der Waals surface area contributed by atoms with Gasteiger partial charge in [-0.25, -0.2) is 0 Å². The number of hydrogen-bond donors (Lipinski definition) is 2. The highest BCUT2D eigenvalue weighted by molar-refractivity contribution is 5.79. The molecule has 2 saturated heterocycles. The Morgan fingerprint density at radius 1 is 0.963 bits per heavy atom. The van der Waals surface area contributed by atoms with E-state index in [9.17, 15) is 0 Å². The third kappa shape index (κ3) is 8.77. The van der Waals surface area contributed by atoms with Gasteiger partial charge in [0.15, 0.2) is 5.96 Å². The third-order valence-electron chi connectivity index (χ3n) is 5.63. The van der Waals surface area contributed by atoms with Gasteiger partial charge in [-0.05, 0) is 39.8 Å². The zero-order valence-corrected chi connectivity index (χ0v) is 17.9. The first-order chi connectivity index (χ1) is 13.2. The van der Waals surface area contributed by atoms with Crippen LogP contribution in [-0.4, -0.2) is 112 Å². The minimum absolute atomic E-state index is 0.464. The number of nitrogens with zero attached hydrogens (tertiary/aromatic N) is 4. The number of likely N-dealkylation sites (N-methyl/N-ethyl adjacent to an activating group) is 1. The highest BCUT2D eigenvalue weighted by Crippen LogP contribution is 2.04. The molecule has 7 heteroatoms. The van der Waals surface area contributed by atoms with Gasteiger partial charge in [-0.1, -0.05) is 6.92 Å². The predicted molar refractivity (Wildman–Crippen MR) is 114 cm³/mol. The maximum absolute atomic E-state index is 5.44. The van der Waals surface area contributed by atoms with Crippen molar-refractivity contribution in [1.82, 2.24) is 25.3 Å². The number of rotatable bonds is 10. The number of hydrogen-bond acceptors (Lipinski definition) is 5. The molecular formula is C20H42N6O. The molecule has 2 N–H and O–H groups in total. The maximum Gasteiger partial charge on any atom is 0.191 e. The van der Waals surface area contributed by atoms with E-state index >= 15 is 0 Å². The van der Waals surface area contributed by atoms with Crippen LogP contribution in [0.1, 0.15) is 33.6 Å². The van der Waals surface area contributed by atoms with Gasteiger partial charge >= 0.3 is 0 Å². The fraction of sp³-hybridized carbons (Fsp3) is 0.950. The molecule has 0 saturated carbocycles. The van der Waals surface area contributed by atoms with Gasteiger partial charge in [-0.2, -0.15) is 0 Å². The molecule has 0 aromatic carbocycles. The molecule has 27 heavy (non-hydrogen) atoms. The van der Waals surface area contributed by atoms with Gasteiger partial charge in [0, 0.05) is 58.4 Å². The molecule has 0 bridgehead atoms. The van der Waals surface area contributed by atoms with E-state index in [1.54, 1.807) is 0 Å². The van der Waals surface area contributed by atoms with Crippen LogP contribution in [0.2, 0.25) is 0 Å². The van der Waals surface area contributed by atoms with Crippen molar-refractivity contribution >= 4 is 5.96 Å². The van der Waals surface area contributed by atoms with Crippen molar-refractivity contribution in [1.29, 1.82) is 0 Å². The van der Waals surface area contributed by atoms with Crippen LogP contribution in [0.25, 0.3) is 0 Å². The van der Waals surface area contributed by atoms with Gasteiger partial charge in [0.1, 0.15) is 0 Å². The Hall–Kier alpha value is -0.890. The summed E-state index contributed by atoms with van der Waals surface area (Å²) in [5.41, 5.74) is 0. The molecule has 2 fully saturated rings. The first-order valence-corrected chi connectivity index (χ1v) is 11.0. The lowest BCUT2D eigenvalue weighted by atomic mass is 10.2. The lowest BCUT2D eigenvalue weighted by Crippen LogP contribution is -2.46. The summed E-state index contributed by atoms with van der Waals surface area (Å²) >= 11 is 0. The van der Waals surface area contributed by atoms with Crippen molar-refractivity contribution in [2.45, 2.75) is 39.7 Å². The number of ether oxygens (including phenoxy) is 1. The van der Waals surface area contributed by atoms with E-state index in [0.29, 0.717) is 6.04 Å². The van der Waals surface area contributed by atoms with Crippen LogP contribution < -0.4 is 10.6 Å². The van der Waals surface area contributed by atoms with E-state index in [0.717, 1.165) is 51.9 Å². The standard InChI is InChI=1S/C20H42N6O/c1-4-21-20(23-18-19(3)26-14-16-27-17-15-26)22-8-6-7-9-25-12-10-24(5-2)11-13-25/h19H,4-18H2,1-3H3,(H2,21,22,23). The summed E-state index contributed by atoms with van der Waals surface area (Å²) in [7, 11) is 0. The predicted octanol–water partition coefficient (Wildman–Crippen LogP) is 0.680. The molecule has 2 aliphatic heterocycles. The van der Waals surface area contributed by atoms with Crippen LogP contribution in [0.15, 0.2) is 4.99 Å². The number of nitrogens with one attached hydrogen (secondary N) is 2. The second kappa shape index (κ2) is 13.3. The van der Waals surface area contributed by atoms with E-state index in [1.807, 2.05) is 0 Å². The van der Waals surface area contributed by atoms with Gasteiger partial charge in [-0.15, -0.1) is 0 Å². The molecule has 2 rings (SSSR count). The van der Waals surface area contributed by atoms with Gasteiger partial charge in [0.2, 0.25) is 0 Å². The van der Waals surface area contributed by atoms with Crippen molar-refractivity contribution in [2.75, 3.05) is 85.2 Å². The highest BCUT2D eigenvalue weighted by Gasteiger charge is 2.17. The topological polar surface area (TPSA) is 55.4 Å². The first-order valence-electron chi connectivity index (χ1n) is 11.0. The highest BCUT2D eigenvalue weighted by atomic mass is 16.5. The van der Waals surface area contributed by atoms with Gasteiger partial charge < -0.3 is 25.2 Å². The molecule has 0 aromatic rings. The van der Waals surface area contributed by atoms with Crippen LogP contribution in [0.3, 0.4) is 0 Å². The van der Waals surface area contributed by atoms with Gasteiger partial charge in [0.05, 0.1) is 19.8 Å². The Labute approximate surface area is 166 Å². The van der Waals surface area contributed by atoms with Crippen LogP contribution >= 0.6 is 0 Å². The van der Waals surface area contributed by atoms with Crippen molar-refractivity contribution in [3.05, 3.63) is 0 Å². The average molecular weight is 383 g/mol. The molecule has 1 unspecified atom stereocenters. The molecule has 1 atom stereocenters. The molecule has 7 nitrogen and oxygen atoms in total. The van der Waals surface area contributed by atoms with E-state index in [2.05, 4.69) is 46.1 Å². The molecule has 0 spiro atoms. The molecular weight excluding hydrogens is 340 g/mol. The Morgan fingerprint density at radius 2 is 1.67 bits per heavy atom. The summed E-state index contributed by atoms with van der Waals surface area (Å²) in [6.07, 6.45) is 2.44. The summed E-state index contributed by atoms with van der Waals surface area (Å²) in [6.45, 7) is 20.4. The fourth-order valence-electron chi connectivity index (χ4n) is 3.70. The van der Waals surface area contributed by atoms with E-state index in [-0.39, 0.29) is 0 Å². The monoisotopic (exact) mass is 382 g/mol. The first kappa shape index (κ1) is 22.4. The van der Waals surface area contributed by atoms with Crippen LogP contribution in [-0.2, 0) is 4.74 Å². The molecule has 2 aliphatic rings. The SMILES string of the molecule is CCNC(=NCC(C)N1CCOCC1)NCCCCN1CCN(CC)CC1. The summed E-state index contributed by atoms with van der Waals surface area (Å²) in [5, 5.41) is 6.87. The van der Waals surface area contributed by atoms with Crippen LogP contribution in [0.5, 0.6) is 0 Å². The zero-order valence-electron chi connectivity index (χ0n) is 17.9. The second-order valence-electron chi connectivity index (χ2n) is 7.63. The molecule has 0 aliphatic carbocycles. The average Bonchev–Trinajstić information content (AvgIpc) is 2.72. The molecule has 158 valence electrons. The summed E-state index contributed by atoms with van der Waals surface area (Å²) < 4.78 is 5.44. The lowest BCUT2D eigenvalue weighted by Gasteiger charge is -2.34. The maximum atomic E-state index is 5.44. The lowest BCUT2D eigenvalue weighted by molar-refractivity contribution is 0.0220. The Balaban J connectivity index is 1.59. The Kier molecular flexibility index (Phi) is 11.0. The normalized spacial score (nSPS) is 22.0. The van der Waals surface area contributed by atoms with Crippen molar-refractivity contribution in [3.63, 3.8) is 0 Å². The number of piperazine rings is 1. The second-order valence-corrected chi connectivity index (χ2v) is 7.63. The van der Waals surface area contributed by atoms with Gasteiger partial charge in [0.25, 0.3) is 0 Å². The summed E-state index contributed by atoms with van der Waals surface area (Å²) in [6, 6.07) is 0.464. The minimum atomic E-state index is 0.464. The molecule has 2 heterocycles. The van der Waals surface area contributed by atoms with Gasteiger partial charge in [-0.3, -0.25) is 9.89 Å². The largest absolute Gasteiger partial charge is 0.379 e.